The molecule has 7 nitrogen and oxygen atoms in total. The molecule has 0 radical (unpaired) electrons. The number of nitriles is 1. The molecule has 3 N–H and O–H groups in total. The van der Waals surface area contributed by atoms with Crippen LogP contribution in [0.1, 0.15) is 30.2 Å². The van der Waals surface area contributed by atoms with Crippen LogP contribution in [-0.2, 0) is 4.74 Å². The van der Waals surface area contributed by atoms with Crippen molar-refractivity contribution in [1.82, 2.24) is 14.6 Å². The van der Waals surface area contributed by atoms with E-state index in [9.17, 15) is 0 Å². The minimum atomic E-state index is -0.180. The first kappa shape index (κ1) is 11.9. The van der Waals surface area contributed by atoms with E-state index in [1.165, 1.54) is 6.33 Å². The van der Waals surface area contributed by atoms with Crippen LogP contribution in [0.2, 0.25) is 0 Å². The van der Waals surface area contributed by atoms with Crippen molar-refractivity contribution >= 4 is 11.3 Å². The number of rotatable bonds is 2. The molecule has 0 aromatic carbocycles. The summed E-state index contributed by atoms with van der Waals surface area (Å²) in [6.07, 6.45) is 2.59. The Labute approximate surface area is 109 Å². The quantitative estimate of drug-likeness (QED) is 0.807. The zero-order chi connectivity index (χ0) is 13.4. The van der Waals surface area contributed by atoms with Gasteiger partial charge in [0, 0.05) is 0 Å². The molecule has 0 spiro atoms. The fraction of sp³-hybridized carbons (Fsp3) is 0.417. The number of nitrogen functional groups attached to an aromatic ring is 1. The van der Waals surface area contributed by atoms with Gasteiger partial charge in [-0.1, -0.05) is 0 Å². The van der Waals surface area contributed by atoms with Gasteiger partial charge in [0.05, 0.1) is 24.0 Å². The molecule has 98 valence electrons. The average Bonchev–Trinajstić information content (AvgIpc) is 3.02. The fourth-order valence-electron chi connectivity index (χ4n) is 2.46. The highest BCUT2D eigenvalue weighted by molar-refractivity contribution is 5.74. The predicted molar refractivity (Wildman–Crippen MR) is 66.0 cm³/mol. The Morgan fingerprint density at radius 2 is 2.42 bits per heavy atom. The van der Waals surface area contributed by atoms with Crippen molar-refractivity contribution in [2.45, 2.75) is 25.0 Å². The second kappa shape index (κ2) is 4.50. The van der Waals surface area contributed by atoms with Crippen molar-refractivity contribution in [3.63, 3.8) is 0 Å². The molecule has 2 atom stereocenters. The fourth-order valence-corrected chi connectivity index (χ4v) is 2.46. The number of aromatic nitrogens is 3. The molecule has 0 amide bonds. The Hall–Kier alpha value is -2.17. The summed E-state index contributed by atoms with van der Waals surface area (Å²) in [5.41, 5.74) is 7.51. The van der Waals surface area contributed by atoms with Gasteiger partial charge in [-0.2, -0.15) is 10.4 Å². The van der Waals surface area contributed by atoms with Gasteiger partial charge in [-0.05, 0) is 18.9 Å². The molecule has 0 aliphatic carbocycles. The molecule has 0 saturated carbocycles. The van der Waals surface area contributed by atoms with E-state index in [0.29, 0.717) is 11.1 Å². The van der Waals surface area contributed by atoms with E-state index in [1.807, 2.05) is 0 Å². The first-order chi connectivity index (χ1) is 9.24. The highest BCUT2D eigenvalue weighted by atomic mass is 16.5. The number of anilines is 1. The lowest BCUT2D eigenvalue weighted by atomic mass is 10.1. The summed E-state index contributed by atoms with van der Waals surface area (Å²) in [7, 11) is 0. The van der Waals surface area contributed by atoms with Crippen LogP contribution in [0.4, 0.5) is 5.82 Å². The van der Waals surface area contributed by atoms with Crippen molar-refractivity contribution in [2.75, 3.05) is 12.3 Å². The molecule has 3 heterocycles. The van der Waals surface area contributed by atoms with Gasteiger partial charge in [0.25, 0.3) is 0 Å². The summed E-state index contributed by atoms with van der Waals surface area (Å²) in [4.78, 5) is 3.90. The van der Waals surface area contributed by atoms with Crippen molar-refractivity contribution in [3.05, 3.63) is 23.7 Å². The van der Waals surface area contributed by atoms with Crippen molar-refractivity contribution in [2.24, 2.45) is 0 Å². The normalized spacial score (nSPS) is 22.7. The Balaban J connectivity index is 2.10. The lowest BCUT2D eigenvalue weighted by Gasteiger charge is -2.11. The van der Waals surface area contributed by atoms with Crippen LogP contribution in [0.25, 0.3) is 5.52 Å². The monoisotopic (exact) mass is 259 g/mol. The summed E-state index contributed by atoms with van der Waals surface area (Å²) in [5, 5.41) is 22.4. The SMILES string of the molecule is N#Cc1cc([C@H]2CC[C@@H](CO)O2)n2ncnc(N)c12. The summed E-state index contributed by atoms with van der Waals surface area (Å²) < 4.78 is 7.32. The van der Waals surface area contributed by atoms with E-state index in [1.54, 1.807) is 10.6 Å². The zero-order valence-corrected chi connectivity index (χ0v) is 10.2. The van der Waals surface area contributed by atoms with E-state index in [2.05, 4.69) is 16.2 Å². The largest absolute Gasteiger partial charge is 0.394 e. The van der Waals surface area contributed by atoms with Crippen molar-refractivity contribution in [1.29, 1.82) is 5.26 Å². The molecular formula is C12H13N5O2. The van der Waals surface area contributed by atoms with Gasteiger partial charge in [0.15, 0.2) is 5.82 Å². The molecule has 7 heteroatoms. The summed E-state index contributed by atoms with van der Waals surface area (Å²) >= 11 is 0. The molecule has 2 aromatic heterocycles. The lowest BCUT2D eigenvalue weighted by molar-refractivity contribution is 0.00856. The molecule has 1 aliphatic heterocycles. The van der Waals surface area contributed by atoms with Crippen LogP contribution >= 0.6 is 0 Å². The van der Waals surface area contributed by atoms with Gasteiger partial charge in [-0.25, -0.2) is 9.50 Å². The number of fused-ring (bicyclic) bond motifs is 1. The summed E-state index contributed by atoms with van der Waals surface area (Å²) in [6, 6.07) is 3.82. The Bertz CT molecular complexity index is 660. The number of aliphatic hydroxyl groups excluding tert-OH is 1. The molecule has 0 unspecified atom stereocenters. The van der Waals surface area contributed by atoms with Crippen LogP contribution in [-0.4, -0.2) is 32.4 Å². The van der Waals surface area contributed by atoms with Gasteiger partial charge in [0.2, 0.25) is 0 Å². The van der Waals surface area contributed by atoms with E-state index in [0.717, 1.165) is 18.5 Å². The third-order valence-electron chi connectivity index (χ3n) is 3.37. The van der Waals surface area contributed by atoms with Crippen LogP contribution < -0.4 is 5.73 Å². The van der Waals surface area contributed by atoms with Gasteiger partial charge in [-0.15, -0.1) is 0 Å². The molecule has 1 aliphatic rings. The topological polar surface area (TPSA) is 109 Å². The maximum atomic E-state index is 9.16. The maximum Gasteiger partial charge on any atom is 0.152 e. The number of nitrogens with zero attached hydrogens (tertiary/aromatic N) is 4. The summed E-state index contributed by atoms with van der Waals surface area (Å²) in [6.45, 7) is 0.00202. The van der Waals surface area contributed by atoms with Crippen molar-refractivity contribution < 1.29 is 9.84 Å². The third-order valence-corrected chi connectivity index (χ3v) is 3.37. The molecule has 1 fully saturated rings. The Morgan fingerprint density at radius 1 is 1.58 bits per heavy atom. The van der Waals surface area contributed by atoms with E-state index >= 15 is 0 Å². The van der Waals surface area contributed by atoms with Gasteiger partial charge < -0.3 is 15.6 Å². The first-order valence-electron chi connectivity index (χ1n) is 6.03. The van der Waals surface area contributed by atoms with Crippen LogP contribution in [0.15, 0.2) is 12.4 Å². The minimum Gasteiger partial charge on any atom is -0.394 e. The smallest absolute Gasteiger partial charge is 0.152 e. The number of hydrogen-bond acceptors (Lipinski definition) is 6. The predicted octanol–water partition coefficient (Wildman–Crippen LogP) is 0.396. The summed E-state index contributed by atoms with van der Waals surface area (Å²) in [5.74, 6) is 0.273. The standard InChI is InChI=1S/C12H13N5O2/c13-4-7-3-9(10-2-1-8(5-18)19-10)17-11(7)12(14)15-6-16-17/h3,6,8,10,18H,1-2,5H2,(H2,14,15,16)/t8-,10+/m0/s1. The van der Waals surface area contributed by atoms with Gasteiger partial charge in [0.1, 0.15) is 24.0 Å². The van der Waals surface area contributed by atoms with E-state index in [4.69, 9.17) is 20.8 Å². The molecule has 2 aromatic rings. The highest BCUT2D eigenvalue weighted by Gasteiger charge is 2.29. The molecule has 3 rings (SSSR count). The maximum absolute atomic E-state index is 9.16. The second-order valence-electron chi connectivity index (χ2n) is 4.51. The zero-order valence-electron chi connectivity index (χ0n) is 10.2. The number of nitrogens with two attached hydrogens (primary N) is 1. The van der Waals surface area contributed by atoms with Crippen LogP contribution in [0.5, 0.6) is 0 Å². The second-order valence-corrected chi connectivity index (χ2v) is 4.51. The Kier molecular flexibility index (Phi) is 2.81. The molecular weight excluding hydrogens is 246 g/mol. The van der Waals surface area contributed by atoms with Gasteiger partial charge in [-0.3, -0.25) is 0 Å². The first-order valence-corrected chi connectivity index (χ1v) is 6.03. The van der Waals surface area contributed by atoms with Crippen molar-refractivity contribution in [3.8, 4) is 6.07 Å². The number of hydrogen-bond donors (Lipinski definition) is 2. The number of aliphatic hydroxyl groups is 1. The third kappa shape index (κ3) is 1.82. The minimum absolute atomic E-state index is 0.00202. The molecule has 19 heavy (non-hydrogen) atoms. The Morgan fingerprint density at radius 3 is 3.11 bits per heavy atom. The van der Waals surface area contributed by atoms with E-state index in [-0.39, 0.29) is 24.6 Å². The molecule has 1 saturated heterocycles. The van der Waals surface area contributed by atoms with E-state index < -0.39 is 0 Å². The lowest BCUT2D eigenvalue weighted by Crippen LogP contribution is -2.12. The molecule has 0 bridgehead atoms. The van der Waals surface area contributed by atoms with Gasteiger partial charge >= 0.3 is 0 Å². The number of ether oxygens (including phenoxy) is 1. The van der Waals surface area contributed by atoms with Crippen LogP contribution in [0, 0.1) is 11.3 Å². The highest BCUT2D eigenvalue weighted by Crippen LogP contribution is 2.34. The van der Waals surface area contributed by atoms with Crippen LogP contribution in [0.3, 0.4) is 0 Å². The average molecular weight is 259 g/mol.